The van der Waals surface area contributed by atoms with Crippen molar-refractivity contribution < 1.29 is 63.2 Å². The van der Waals surface area contributed by atoms with Gasteiger partial charge in [-0.2, -0.15) is 0 Å². The fourth-order valence-electron chi connectivity index (χ4n) is 0.0598. The van der Waals surface area contributed by atoms with Gasteiger partial charge in [0.25, 0.3) is 0 Å². The van der Waals surface area contributed by atoms with Gasteiger partial charge in [-0.15, -0.1) is 9.79 Å². The summed E-state index contributed by atoms with van der Waals surface area (Å²) in [6.07, 6.45) is 0. The molecule has 0 aromatic carbocycles. The maximum atomic E-state index is 9.39. The van der Waals surface area contributed by atoms with E-state index in [1.54, 1.807) is 0 Å². The minimum absolute atomic E-state index is 0. The Balaban J connectivity index is -0.000000180. The molecule has 2 N–H and O–H groups in total. The van der Waals surface area contributed by atoms with E-state index in [1.807, 2.05) is 0 Å². The molecule has 0 heterocycles. The first-order valence-corrected chi connectivity index (χ1v) is 3.39. The van der Waals surface area contributed by atoms with Crippen molar-refractivity contribution >= 4 is 40.4 Å². The number of hydrogen-bond donors (Lipinski definition) is 2. The molecule has 0 saturated heterocycles. The summed E-state index contributed by atoms with van der Waals surface area (Å²) in [7, 11) is -5.85. The van der Waals surface area contributed by atoms with Gasteiger partial charge in [0.1, 0.15) is 0 Å². The summed E-state index contributed by atoms with van der Waals surface area (Å²) in [6, 6.07) is 0. The zero-order chi connectivity index (χ0) is 5.86. The Bertz CT molecular complexity index is 91.1. The molecule has 0 saturated carbocycles. The van der Waals surface area contributed by atoms with Crippen LogP contribution in [0.3, 0.4) is 0 Å². The number of rotatable bonds is 2. The van der Waals surface area contributed by atoms with E-state index in [2.05, 4.69) is 4.31 Å². The van der Waals surface area contributed by atoms with Gasteiger partial charge in [0, 0.05) is 49.1 Å². The Morgan fingerprint density at radius 3 is 1.33 bits per heavy atom. The van der Waals surface area contributed by atoms with E-state index in [-0.39, 0.29) is 63.8 Å². The van der Waals surface area contributed by atoms with Gasteiger partial charge in [-0.3, -0.25) is 0 Å². The van der Waals surface area contributed by atoms with E-state index < -0.39 is 16.5 Å². The van der Waals surface area contributed by atoms with Crippen molar-refractivity contribution in [2.75, 3.05) is 0 Å². The number of hydrogen-bond acceptors (Lipinski definition) is 3. The molecular weight excluding hydrogens is 418 g/mol. The zero-order valence-electron chi connectivity index (χ0n) is 4.07. The van der Waals surface area contributed by atoms with Crippen LogP contribution >= 0.6 is 16.5 Å². The van der Waals surface area contributed by atoms with E-state index >= 15 is 0 Å². The summed E-state index contributed by atoms with van der Waals surface area (Å²) in [5.74, 6) is 0. The Kier molecular flexibility index (Phi) is 19.6. The molecule has 0 aromatic heterocycles. The van der Waals surface area contributed by atoms with Crippen LogP contribution in [-0.2, 0) is 13.4 Å². The van der Waals surface area contributed by atoms with Gasteiger partial charge >= 0.3 is 40.4 Å². The summed E-state index contributed by atoms with van der Waals surface area (Å²) in [6.45, 7) is 0. The molecule has 0 aromatic rings. The standard InChI is InChI=1S/Gd.O5P2.Sn.2H/c;1-6(2)5-7(3)4;;;/p+2. The van der Waals surface area contributed by atoms with E-state index in [0.717, 1.165) is 0 Å². The second-order valence-electron chi connectivity index (χ2n) is 0.557. The third kappa shape index (κ3) is 17.8. The van der Waals surface area contributed by atoms with Crippen LogP contribution in [0.5, 0.6) is 0 Å². The molecule has 9 heavy (non-hydrogen) atoms. The molecule has 0 spiro atoms. The topological polar surface area (TPSA) is 83.8 Å². The van der Waals surface area contributed by atoms with Crippen molar-refractivity contribution in [3.8, 4) is 0 Å². The summed E-state index contributed by atoms with van der Waals surface area (Å²) in [5.41, 5.74) is 0. The van der Waals surface area contributed by atoms with E-state index in [1.165, 1.54) is 0 Å². The Labute approximate surface area is 102 Å². The van der Waals surface area contributed by atoms with Gasteiger partial charge in [-0.1, -0.05) is 0 Å². The molecule has 0 rings (SSSR count). The van der Waals surface area contributed by atoms with Gasteiger partial charge in [0.2, 0.25) is 0 Å². The second kappa shape index (κ2) is 10.2. The van der Waals surface area contributed by atoms with Crippen molar-refractivity contribution in [2.24, 2.45) is 0 Å². The average Bonchev–Trinajstić information content (AvgIpc) is 1.27. The van der Waals surface area contributed by atoms with Crippen molar-refractivity contribution in [1.29, 1.82) is 0 Å². The van der Waals surface area contributed by atoms with Crippen LogP contribution in [0.25, 0.3) is 0 Å². The maximum absolute atomic E-state index is 9.39. The van der Waals surface area contributed by atoms with Crippen molar-refractivity contribution in [3.05, 3.63) is 0 Å². The molecule has 2 radical (unpaired) electrons. The summed E-state index contributed by atoms with van der Waals surface area (Å²) in [5, 5.41) is 0. The molecule has 9 heteroatoms. The first-order chi connectivity index (χ1) is 3.13. The quantitative estimate of drug-likeness (QED) is 0.459. The fourth-order valence-corrected chi connectivity index (χ4v) is 0.538. The molecule has 0 aliphatic rings. The molecular formula is H4GdO5P2Sn+2. The summed E-state index contributed by atoms with van der Waals surface area (Å²) >= 11 is 0. The Morgan fingerprint density at radius 1 is 1.11 bits per heavy atom. The van der Waals surface area contributed by atoms with Crippen LogP contribution < -0.4 is 0 Å². The Morgan fingerprint density at radius 2 is 1.33 bits per heavy atom. The van der Waals surface area contributed by atoms with Crippen LogP contribution in [-0.4, -0.2) is 33.7 Å². The molecule has 0 fully saturated rings. The van der Waals surface area contributed by atoms with Gasteiger partial charge in [0.05, 0.1) is 0 Å². The monoisotopic (exact) mass is 424 g/mol. The molecule has 0 aliphatic carbocycles. The van der Waals surface area contributed by atoms with Crippen molar-refractivity contribution in [2.45, 2.75) is 0 Å². The van der Waals surface area contributed by atoms with E-state index in [0.29, 0.717) is 0 Å². The first-order valence-electron chi connectivity index (χ1n) is 1.13. The normalized spacial score (nSPS) is 10.4. The average molecular weight is 422 g/mol. The van der Waals surface area contributed by atoms with Crippen LogP contribution in [0.1, 0.15) is 0 Å². The third-order valence-corrected chi connectivity index (χ3v) is 1.26. The second-order valence-corrected chi connectivity index (χ2v) is 2.16. The molecule has 54 valence electrons. The zero-order valence-corrected chi connectivity index (χ0v) is 12.2. The SMILES string of the molecule is O=[P+](O)O[P+](=O)O.[Gd].[SnH2]. The van der Waals surface area contributed by atoms with Gasteiger partial charge in [-0.25, -0.2) is 0 Å². The molecule has 2 unspecified atom stereocenters. The molecule has 0 bridgehead atoms. The first kappa shape index (κ1) is 17.3. The molecule has 0 aliphatic heterocycles. The predicted molar refractivity (Wildman–Crippen MR) is 29.3 cm³/mol. The van der Waals surface area contributed by atoms with Crippen LogP contribution in [0.15, 0.2) is 0 Å². The predicted octanol–water partition coefficient (Wildman–Crippen LogP) is -0.614. The van der Waals surface area contributed by atoms with E-state index in [9.17, 15) is 9.13 Å². The van der Waals surface area contributed by atoms with Crippen LogP contribution in [0, 0.1) is 39.9 Å². The Hall–Kier alpha value is 2.20. The van der Waals surface area contributed by atoms with E-state index in [4.69, 9.17) is 9.79 Å². The van der Waals surface area contributed by atoms with Crippen molar-refractivity contribution in [1.82, 2.24) is 0 Å². The summed E-state index contributed by atoms with van der Waals surface area (Å²) < 4.78 is 22.2. The fraction of sp³-hybridized carbons (Fsp3) is 0. The van der Waals surface area contributed by atoms with Crippen LogP contribution in [0.4, 0.5) is 0 Å². The van der Waals surface area contributed by atoms with Gasteiger partial charge < -0.3 is 0 Å². The van der Waals surface area contributed by atoms with Crippen LogP contribution in [0.2, 0.25) is 0 Å². The van der Waals surface area contributed by atoms with Crippen molar-refractivity contribution in [3.63, 3.8) is 0 Å². The molecule has 2 atom stereocenters. The molecule has 5 nitrogen and oxygen atoms in total. The van der Waals surface area contributed by atoms with Gasteiger partial charge in [-0.05, 0) is 0 Å². The van der Waals surface area contributed by atoms with Gasteiger partial charge in [0.15, 0.2) is 4.31 Å². The summed E-state index contributed by atoms with van der Waals surface area (Å²) in [4.78, 5) is 15.3. The third-order valence-electron chi connectivity index (χ3n) is 0.140. The minimum atomic E-state index is -2.92. The molecule has 0 amide bonds.